The van der Waals surface area contributed by atoms with Crippen LogP contribution in [-0.4, -0.2) is 22.0 Å². The van der Waals surface area contributed by atoms with Crippen LogP contribution in [0.4, 0.5) is 0 Å². The molecule has 2 aromatic carbocycles. The molecule has 0 aliphatic rings. The molecule has 0 aliphatic heterocycles. The molecule has 3 aromatic rings. The predicted octanol–water partition coefficient (Wildman–Crippen LogP) is 3.93. The smallest absolute Gasteiger partial charge is 0.214 e. The van der Waals surface area contributed by atoms with E-state index in [0.717, 1.165) is 11.1 Å². The topological polar surface area (TPSA) is 64.1 Å². The summed E-state index contributed by atoms with van der Waals surface area (Å²) in [6.45, 7) is 0.867. The third kappa shape index (κ3) is 4.32. The summed E-state index contributed by atoms with van der Waals surface area (Å²) in [5, 5.41) is 7.12. The molecule has 0 radical (unpaired) electrons. The van der Waals surface area contributed by atoms with Gasteiger partial charge < -0.3 is 14.9 Å². The fraction of sp³-hybridized carbons (Fsp3) is 0.176. The zero-order valence-electron chi connectivity index (χ0n) is 13.5. The van der Waals surface area contributed by atoms with Crippen LogP contribution in [0.1, 0.15) is 11.1 Å². The Morgan fingerprint density at radius 3 is 2.76 bits per heavy atom. The van der Waals surface area contributed by atoms with E-state index in [2.05, 4.69) is 15.6 Å². The van der Waals surface area contributed by atoms with Gasteiger partial charge in [-0.15, -0.1) is 0 Å². The number of aromatic nitrogens is 3. The molecule has 0 atom stereocenters. The van der Waals surface area contributed by atoms with Gasteiger partial charge in [0, 0.05) is 16.7 Å². The van der Waals surface area contributed by atoms with E-state index in [9.17, 15) is 0 Å². The lowest BCUT2D eigenvalue weighted by atomic mass is 10.1. The zero-order chi connectivity index (χ0) is 17.6. The average molecular weight is 377 g/mol. The second-order valence-electron chi connectivity index (χ2n) is 5.24. The summed E-state index contributed by atoms with van der Waals surface area (Å²) < 4.78 is 13.5. The van der Waals surface area contributed by atoms with Crippen molar-refractivity contribution >= 4 is 23.8 Å². The minimum atomic E-state index is 0.428. The maximum atomic E-state index is 6.20. The number of methoxy groups -OCH3 is 1. The van der Waals surface area contributed by atoms with Gasteiger partial charge in [-0.25, -0.2) is 4.68 Å². The van der Waals surface area contributed by atoms with Crippen LogP contribution in [0.2, 0.25) is 5.02 Å². The molecule has 130 valence electrons. The molecule has 1 aromatic heterocycles. The Bertz CT molecular complexity index is 895. The van der Waals surface area contributed by atoms with Crippen LogP contribution in [0.15, 0.2) is 48.8 Å². The van der Waals surface area contributed by atoms with E-state index in [1.807, 2.05) is 36.4 Å². The minimum Gasteiger partial charge on any atom is -0.493 e. The third-order valence-corrected chi connectivity index (χ3v) is 4.04. The quantitative estimate of drug-likeness (QED) is 0.612. The van der Waals surface area contributed by atoms with Crippen molar-refractivity contribution in [1.29, 1.82) is 0 Å². The number of hydrogen-bond donors (Lipinski definition) is 2. The van der Waals surface area contributed by atoms with Gasteiger partial charge in [0.2, 0.25) is 4.77 Å². The lowest BCUT2D eigenvalue weighted by Crippen LogP contribution is -2.14. The number of nitrogens with zero attached hydrogens (tertiary/aromatic N) is 2. The average Bonchev–Trinajstić information content (AvgIpc) is 3.04. The number of benzene rings is 2. The van der Waals surface area contributed by atoms with Gasteiger partial charge in [-0.2, -0.15) is 5.10 Å². The van der Waals surface area contributed by atoms with Crippen molar-refractivity contribution in [3.05, 3.63) is 69.7 Å². The molecule has 1 heterocycles. The summed E-state index contributed by atoms with van der Waals surface area (Å²) in [4.78, 5) is 0. The van der Waals surface area contributed by atoms with Gasteiger partial charge in [0.05, 0.1) is 13.7 Å². The number of aromatic amines is 1. The molecule has 2 N–H and O–H groups in total. The van der Waals surface area contributed by atoms with Gasteiger partial charge in [0.1, 0.15) is 12.9 Å². The van der Waals surface area contributed by atoms with Crippen LogP contribution < -0.4 is 14.9 Å². The van der Waals surface area contributed by atoms with Crippen molar-refractivity contribution in [1.82, 2.24) is 14.9 Å². The highest BCUT2D eigenvalue weighted by Crippen LogP contribution is 2.35. The monoisotopic (exact) mass is 376 g/mol. The van der Waals surface area contributed by atoms with Crippen molar-refractivity contribution in [2.24, 2.45) is 0 Å². The highest BCUT2D eigenvalue weighted by atomic mass is 35.5. The maximum absolute atomic E-state index is 6.20. The molecule has 0 amide bonds. The molecule has 0 saturated carbocycles. The number of ether oxygens (including phenoxy) is 2. The molecule has 0 spiro atoms. The maximum Gasteiger partial charge on any atom is 0.214 e. The summed E-state index contributed by atoms with van der Waals surface area (Å²) in [7, 11) is 1.59. The fourth-order valence-electron chi connectivity index (χ4n) is 2.33. The molecule has 0 saturated heterocycles. The molecule has 0 fully saturated rings. The molecule has 0 aliphatic carbocycles. The molecule has 8 heteroatoms. The largest absolute Gasteiger partial charge is 0.493 e. The van der Waals surface area contributed by atoms with E-state index in [1.165, 1.54) is 0 Å². The fourth-order valence-corrected chi connectivity index (χ4v) is 2.73. The summed E-state index contributed by atoms with van der Waals surface area (Å²) in [5.74, 6) is 1.22. The lowest BCUT2D eigenvalue weighted by Gasteiger charge is -2.17. The number of H-pyrrole nitrogens is 1. The van der Waals surface area contributed by atoms with E-state index >= 15 is 0 Å². The van der Waals surface area contributed by atoms with E-state index in [0.29, 0.717) is 34.4 Å². The Hall–Kier alpha value is -2.51. The molecule has 0 bridgehead atoms. The van der Waals surface area contributed by atoms with Gasteiger partial charge in [0.15, 0.2) is 11.5 Å². The third-order valence-electron chi connectivity index (χ3n) is 3.53. The van der Waals surface area contributed by atoms with Crippen LogP contribution >= 0.6 is 23.8 Å². The first-order valence-corrected chi connectivity index (χ1v) is 8.35. The molecular weight excluding hydrogens is 360 g/mol. The number of halogens is 1. The lowest BCUT2D eigenvalue weighted by molar-refractivity contribution is 0.281. The van der Waals surface area contributed by atoms with E-state index in [4.69, 9.17) is 33.3 Å². The summed E-state index contributed by atoms with van der Waals surface area (Å²) >= 11 is 11.3. The first kappa shape index (κ1) is 17.3. The summed E-state index contributed by atoms with van der Waals surface area (Å²) in [5.41, 5.74) is 5.07. The molecule has 0 unspecified atom stereocenters. The van der Waals surface area contributed by atoms with Crippen molar-refractivity contribution in [2.45, 2.75) is 13.2 Å². The van der Waals surface area contributed by atoms with Crippen LogP contribution in [0, 0.1) is 4.77 Å². The van der Waals surface area contributed by atoms with Gasteiger partial charge in [0.25, 0.3) is 0 Å². The SMILES string of the molecule is COc1cc(Cl)cc(CNn2cn[nH]c2=S)c1OCc1ccccc1. The minimum absolute atomic E-state index is 0.428. The first-order chi connectivity index (χ1) is 12.2. The van der Waals surface area contributed by atoms with Crippen molar-refractivity contribution < 1.29 is 9.47 Å². The number of rotatable bonds is 7. The number of nitrogens with one attached hydrogen (secondary N) is 2. The second-order valence-corrected chi connectivity index (χ2v) is 6.06. The Kier molecular flexibility index (Phi) is 5.57. The molecule has 25 heavy (non-hydrogen) atoms. The van der Waals surface area contributed by atoms with Crippen molar-refractivity contribution in [3.8, 4) is 11.5 Å². The van der Waals surface area contributed by atoms with E-state index in [-0.39, 0.29) is 0 Å². The van der Waals surface area contributed by atoms with Crippen molar-refractivity contribution in [3.63, 3.8) is 0 Å². The molecule has 6 nitrogen and oxygen atoms in total. The molecule has 3 rings (SSSR count). The van der Waals surface area contributed by atoms with Crippen LogP contribution in [-0.2, 0) is 13.2 Å². The van der Waals surface area contributed by atoms with E-state index in [1.54, 1.807) is 24.2 Å². The summed E-state index contributed by atoms with van der Waals surface area (Å²) in [6, 6.07) is 13.5. The Balaban J connectivity index is 1.83. The second kappa shape index (κ2) is 8.04. The van der Waals surface area contributed by atoms with Crippen LogP contribution in [0.3, 0.4) is 0 Å². The number of hydrogen-bond acceptors (Lipinski definition) is 5. The highest BCUT2D eigenvalue weighted by molar-refractivity contribution is 7.71. The standard InChI is InChI=1S/C17H17ClN4O2S/c1-23-15-8-14(18)7-13(9-20-22-11-19-21-17(22)25)16(15)24-10-12-5-3-2-4-6-12/h2-8,11,20H,9-10H2,1H3,(H,21,25). The van der Waals surface area contributed by atoms with Crippen LogP contribution in [0.25, 0.3) is 0 Å². The Morgan fingerprint density at radius 2 is 2.08 bits per heavy atom. The predicted molar refractivity (Wildman–Crippen MR) is 99.3 cm³/mol. The van der Waals surface area contributed by atoms with Gasteiger partial charge in [-0.05, 0) is 23.8 Å². The van der Waals surface area contributed by atoms with Gasteiger partial charge >= 0.3 is 0 Å². The highest BCUT2D eigenvalue weighted by Gasteiger charge is 2.13. The zero-order valence-corrected chi connectivity index (χ0v) is 15.1. The van der Waals surface area contributed by atoms with Crippen LogP contribution in [0.5, 0.6) is 11.5 Å². The normalized spacial score (nSPS) is 10.5. The summed E-state index contributed by atoms with van der Waals surface area (Å²) in [6.07, 6.45) is 1.56. The first-order valence-electron chi connectivity index (χ1n) is 7.56. The Labute approximate surface area is 155 Å². The molecular formula is C17H17ClN4O2S. The Morgan fingerprint density at radius 1 is 1.28 bits per heavy atom. The van der Waals surface area contributed by atoms with Gasteiger partial charge in [-0.1, -0.05) is 41.9 Å². The van der Waals surface area contributed by atoms with Gasteiger partial charge in [-0.3, -0.25) is 5.10 Å². The van der Waals surface area contributed by atoms with E-state index < -0.39 is 0 Å². The van der Waals surface area contributed by atoms with Crippen molar-refractivity contribution in [2.75, 3.05) is 12.5 Å².